The number of aromatic nitrogens is 2. The zero-order valence-corrected chi connectivity index (χ0v) is 11.1. The van der Waals surface area contributed by atoms with Crippen molar-refractivity contribution in [2.24, 2.45) is 0 Å². The quantitative estimate of drug-likeness (QED) is 0.861. The average molecular weight is 271 g/mol. The smallest absolute Gasteiger partial charge is 0.360 e. The number of carbonyl (C=O) groups is 2. The number of amides is 1. The molecule has 1 aromatic heterocycles. The number of esters is 1. The molecule has 0 atom stereocenters. The number of anilines is 1. The Morgan fingerprint density at radius 1 is 1.15 bits per heavy atom. The molecule has 0 bridgehead atoms. The molecule has 1 heterocycles. The Labute approximate surface area is 115 Å². The van der Waals surface area contributed by atoms with Crippen LogP contribution in [0.15, 0.2) is 36.7 Å². The molecule has 6 nitrogen and oxygen atoms in total. The summed E-state index contributed by atoms with van der Waals surface area (Å²) in [7, 11) is 1.24. The van der Waals surface area contributed by atoms with Crippen LogP contribution in [0.1, 0.15) is 26.4 Å². The van der Waals surface area contributed by atoms with Gasteiger partial charge < -0.3 is 10.1 Å². The highest BCUT2D eigenvalue weighted by molar-refractivity contribution is 6.07. The molecule has 20 heavy (non-hydrogen) atoms. The van der Waals surface area contributed by atoms with E-state index in [1.165, 1.54) is 19.5 Å². The highest BCUT2D eigenvalue weighted by atomic mass is 16.5. The summed E-state index contributed by atoms with van der Waals surface area (Å²) in [6.45, 7) is 1.83. The summed E-state index contributed by atoms with van der Waals surface area (Å²) in [5, 5.41) is 2.57. The van der Waals surface area contributed by atoms with E-state index in [4.69, 9.17) is 0 Å². The highest BCUT2D eigenvalue weighted by Gasteiger charge is 2.17. The lowest BCUT2D eigenvalue weighted by Gasteiger charge is -2.08. The molecule has 102 valence electrons. The third kappa shape index (κ3) is 2.80. The van der Waals surface area contributed by atoms with Crippen molar-refractivity contribution in [3.05, 3.63) is 53.5 Å². The van der Waals surface area contributed by atoms with Gasteiger partial charge in [0, 0.05) is 18.0 Å². The molecule has 0 aliphatic heterocycles. The van der Waals surface area contributed by atoms with Crippen molar-refractivity contribution in [1.82, 2.24) is 9.97 Å². The molecule has 0 unspecified atom stereocenters. The van der Waals surface area contributed by atoms with Gasteiger partial charge in [-0.2, -0.15) is 0 Å². The van der Waals surface area contributed by atoms with Crippen LogP contribution in [0, 0.1) is 6.92 Å². The first kappa shape index (κ1) is 13.7. The van der Waals surface area contributed by atoms with E-state index in [0.717, 1.165) is 5.56 Å². The standard InChI is InChI=1S/C14H13N3O3/c1-9-5-3-4-6-10(9)13(18)17-12-11(14(19)20-2)15-7-8-16-12/h3-8H,1-2H3,(H,16,17,18). The summed E-state index contributed by atoms with van der Waals surface area (Å²) in [6, 6.07) is 7.12. The molecule has 1 aromatic carbocycles. The van der Waals surface area contributed by atoms with Gasteiger partial charge in [-0.3, -0.25) is 4.79 Å². The van der Waals surface area contributed by atoms with Crippen LogP contribution in [-0.4, -0.2) is 29.0 Å². The van der Waals surface area contributed by atoms with Crippen molar-refractivity contribution in [3.63, 3.8) is 0 Å². The Morgan fingerprint density at radius 2 is 1.85 bits per heavy atom. The van der Waals surface area contributed by atoms with Gasteiger partial charge in [0.2, 0.25) is 0 Å². The van der Waals surface area contributed by atoms with Gasteiger partial charge in [-0.15, -0.1) is 0 Å². The van der Waals surface area contributed by atoms with Crippen molar-refractivity contribution in [2.45, 2.75) is 6.92 Å². The van der Waals surface area contributed by atoms with Crippen LogP contribution in [0.5, 0.6) is 0 Å². The number of carbonyl (C=O) groups excluding carboxylic acids is 2. The topological polar surface area (TPSA) is 81.2 Å². The van der Waals surface area contributed by atoms with Crippen molar-refractivity contribution in [2.75, 3.05) is 12.4 Å². The predicted octanol–water partition coefficient (Wildman–Crippen LogP) is 1.82. The number of aryl methyl sites for hydroxylation is 1. The average Bonchev–Trinajstić information content (AvgIpc) is 2.47. The Morgan fingerprint density at radius 3 is 2.55 bits per heavy atom. The van der Waals surface area contributed by atoms with Crippen LogP contribution in [0.3, 0.4) is 0 Å². The van der Waals surface area contributed by atoms with E-state index in [1.807, 2.05) is 19.1 Å². The summed E-state index contributed by atoms with van der Waals surface area (Å²) in [4.78, 5) is 31.5. The summed E-state index contributed by atoms with van der Waals surface area (Å²) >= 11 is 0. The SMILES string of the molecule is COC(=O)c1nccnc1NC(=O)c1ccccc1C. The van der Waals surface area contributed by atoms with Gasteiger partial charge in [0.05, 0.1) is 7.11 Å². The number of nitrogens with one attached hydrogen (secondary N) is 1. The molecule has 0 radical (unpaired) electrons. The lowest BCUT2D eigenvalue weighted by atomic mass is 10.1. The predicted molar refractivity (Wildman–Crippen MR) is 72.5 cm³/mol. The van der Waals surface area contributed by atoms with E-state index in [0.29, 0.717) is 5.56 Å². The molecule has 1 amide bonds. The minimum absolute atomic E-state index is 0.0306. The molecule has 0 fully saturated rings. The molecule has 0 aliphatic carbocycles. The Balaban J connectivity index is 2.29. The maximum atomic E-state index is 12.2. The number of hydrogen-bond donors (Lipinski definition) is 1. The number of rotatable bonds is 3. The first-order chi connectivity index (χ1) is 9.63. The maximum absolute atomic E-state index is 12.2. The number of hydrogen-bond acceptors (Lipinski definition) is 5. The van der Waals surface area contributed by atoms with E-state index in [1.54, 1.807) is 12.1 Å². The molecule has 0 saturated carbocycles. The number of methoxy groups -OCH3 is 1. The fourth-order valence-corrected chi connectivity index (χ4v) is 1.68. The van der Waals surface area contributed by atoms with Crippen LogP contribution in [0.2, 0.25) is 0 Å². The van der Waals surface area contributed by atoms with Crippen molar-refractivity contribution < 1.29 is 14.3 Å². The lowest BCUT2D eigenvalue weighted by molar-refractivity contribution is 0.0595. The first-order valence-corrected chi connectivity index (χ1v) is 5.89. The second-order valence-electron chi connectivity index (χ2n) is 4.01. The van der Waals surface area contributed by atoms with Crippen molar-refractivity contribution in [1.29, 1.82) is 0 Å². The van der Waals surface area contributed by atoms with Crippen LogP contribution in [-0.2, 0) is 4.74 Å². The number of ether oxygens (including phenoxy) is 1. The van der Waals surface area contributed by atoms with E-state index >= 15 is 0 Å². The summed E-state index contributed by atoms with van der Waals surface area (Å²) < 4.78 is 4.60. The highest BCUT2D eigenvalue weighted by Crippen LogP contribution is 2.13. The van der Waals surface area contributed by atoms with Crippen LogP contribution >= 0.6 is 0 Å². The summed E-state index contributed by atoms with van der Waals surface area (Å²) in [6.07, 6.45) is 2.75. The van der Waals surface area contributed by atoms with E-state index in [-0.39, 0.29) is 17.4 Å². The van der Waals surface area contributed by atoms with Gasteiger partial charge in [-0.1, -0.05) is 18.2 Å². The Kier molecular flexibility index (Phi) is 4.05. The third-order valence-electron chi connectivity index (χ3n) is 2.70. The van der Waals surface area contributed by atoms with Gasteiger partial charge in [0.15, 0.2) is 11.5 Å². The fourth-order valence-electron chi connectivity index (χ4n) is 1.68. The first-order valence-electron chi connectivity index (χ1n) is 5.89. The second-order valence-corrected chi connectivity index (χ2v) is 4.01. The van der Waals surface area contributed by atoms with E-state index < -0.39 is 5.97 Å². The molecule has 0 spiro atoms. The Hall–Kier alpha value is -2.76. The normalized spacial score (nSPS) is 9.90. The van der Waals surface area contributed by atoms with Gasteiger partial charge in [-0.25, -0.2) is 14.8 Å². The fraction of sp³-hybridized carbons (Fsp3) is 0.143. The van der Waals surface area contributed by atoms with E-state index in [2.05, 4.69) is 20.0 Å². The zero-order valence-electron chi connectivity index (χ0n) is 11.1. The minimum Gasteiger partial charge on any atom is -0.464 e. The third-order valence-corrected chi connectivity index (χ3v) is 2.70. The Bertz CT molecular complexity index is 656. The zero-order chi connectivity index (χ0) is 14.5. The number of benzene rings is 1. The van der Waals surface area contributed by atoms with E-state index in [9.17, 15) is 9.59 Å². The molecule has 2 aromatic rings. The monoisotopic (exact) mass is 271 g/mol. The number of nitrogens with zero attached hydrogens (tertiary/aromatic N) is 2. The lowest BCUT2D eigenvalue weighted by Crippen LogP contribution is -2.18. The van der Waals surface area contributed by atoms with Crippen LogP contribution in [0.25, 0.3) is 0 Å². The van der Waals surface area contributed by atoms with Crippen molar-refractivity contribution in [3.8, 4) is 0 Å². The summed E-state index contributed by atoms with van der Waals surface area (Å²) in [5.74, 6) is -0.931. The molecule has 6 heteroatoms. The van der Waals surface area contributed by atoms with Gasteiger partial charge in [0.1, 0.15) is 0 Å². The maximum Gasteiger partial charge on any atom is 0.360 e. The molecule has 0 saturated heterocycles. The summed E-state index contributed by atoms with van der Waals surface area (Å²) in [5.41, 5.74) is 1.31. The van der Waals surface area contributed by atoms with Crippen LogP contribution in [0.4, 0.5) is 5.82 Å². The van der Waals surface area contributed by atoms with Crippen LogP contribution < -0.4 is 5.32 Å². The van der Waals surface area contributed by atoms with Gasteiger partial charge in [0.25, 0.3) is 5.91 Å². The largest absolute Gasteiger partial charge is 0.464 e. The molecular formula is C14H13N3O3. The second kappa shape index (κ2) is 5.92. The molecule has 2 rings (SSSR count). The van der Waals surface area contributed by atoms with Gasteiger partial charge in [-0.05, 0) is 18.6 Å². The molecule has 0 aliphatic rings. The minimum atomic E-state index is -0.654. The van der Waals surface area contributed by atoms with Crippen molar-refractivity contribution >= 4 is 17.7 Å². The molecule has 1 N–H and O–H groups in total. The van der Waals surface area contributed by atoms with Gasteiger partial charge >= 0.3 is 5.97 Å². The molecular weight excluding hydrogens is 258 g/mol.